The first-order valence-electron chi connectivity index (χ1n) is 8.16. The first-order valence-corrected chi connectivity index (χ1v) is 8.16. The summed E-state index contributed by atoms with van der Waals surface area (Å²) in [5.74, 6) is 0.617. The SMILES string of the molecule is COc1cccc(CC2CCCCN2C(=O)OC(C)(C)C)c1O. The second-order valence-electron chi connectivity index (χ2n) is 7.00. The van der Waals surface area contributed by atoms with Crippen molar-refractivity contribution >= 4 is 6.09 Å². The van der Waals surface area contributed by atoms with E-state index in [0.717, 1.165) is 24.8 Å². The lowest BCUT2D eigenvalue weighted by molar-refractivity contribution is 0.00987. The van der Waals surface area contributed by atoms with E-state index in [9.17, 15) is 9.90 Å². The number of nitrogens with zero attached hydrogens (tertiary/aromatic N) is 1. The number of rotatable bonds is 3. The zero-order valence-electron chi connectivity index (χ0n) is 14.5. The smallest absolute Gasteiger partial charge is 0.410 e. The van der Waals surface area contributed by atoms with Crippen molar-refractivity contribution in [2.45, 2.75) is 58.1 Å². The van der Waals surface area contributed by atoms with E-state index in [1.807, 2.05) is 32.9 Å². The van der Waals surface area contributed by atoms with E-state index in [-0.39, 0.29) is 17.9 Å². The predicted octanol–water partition coefficient (Wildman–Crippen LogP) is 3.73. The van der Waals surface area contributed by atoms with E-state index in [2.05, 4.69) is 0 Å². The number of piperidine rings is 1. The lowest BCUT2D eigenvalue weighted by Gasteiger charge is -2.37. The van der Waals surface area contributed by atoms with Crippen molar-refractivity contribution in [2.75, 3.05) is 13.7 Å². The van der Waals surface area contributed by atoms with Gasteiger partial charge in [-0.1, -0.05) is 12.1 Å². The Morgan fingerprint density at radius 3 is 2.74 bits per heavy atom. The number of benzene rings is 1. The highest BCUT2D eigenvalue weighted by molar-refractivity contribution is 5.68. The number of phenols is 1. The van der Waals surface area contributed by atoms with E-state index >= 15 is 0 Å². The minimum Gasteiger partial charge on any atom is -0.504 e. The van der Waals surface area contributed by atoms with Crippen LogP contribution >= 0.6 is 0 Å². The van der Waals surface area contributed by atoms with E-state index in [1.54, 1.807) is 11.0 Å². The maximum absolute atomic E-state index is 12.4. The summed E-state index contributed by atoms with van der Waals surface area (Å²) < 4.78 is 10.7. The predicted molar refractivity (Wildman–Crippen MR) is 88.9 cm³/mol. The Hall–Kier alpha value is -1.91. The molecular weight excluding hydrogens is 294 g/mol. The van der Waals surface area contributed by atoms with Gasteiger partial charge in [0.2, 0.25) is 0 Å². The summed E-state index contributed by atoms with van der Waals surface area (Å²) in [4.78, 5) is 14.2. The summed E-state index contributed by atoms with van der Waals surface area (Å²) in [6, 6.07) is 5.50. The number of carbonyl (C=O) groups is 1. The highest BCUT2D eigenvalue weighted by Gasteiger charge is 2.31. The molecule has 1 aromatic rings. The molecule has 5 nitrogen and oxygen atoms in total. The molecule has 5 heteroatoms. The summed E-state index contributed by atoms with van der Waals surface area (Å²) >= 11 is 0. The monoisotopic (exact) mass is 321 g/mol. The normalized spacial score (nSPS) is 18.6. The molecule has 1 atom stereocenters. The Kier molecular flexibility index (Phi) is 5.39. The maximum atomic E-state index is 12.4. The number of amides is 1. The fourth-order valence-electron chi connectivity index (χ4n) is 2.92. The van der Waals surface area contributed by atoms with Crippen molar-refractivity contribution in [1.82, 2.24) is 4.90 Å². The molecule has 1 N–H and O–H groups in total. The number of para-hydroxylation sites is 1. The molecule has 1 aliphatic rings. The standard InChI is InChI=1S/C18H27NO4/c1-18(2,3)23-17(21)19-11-6-5-9-14(19)12-13-8-7-10-15(22-4)16(13)20/h7-8,10,14,20H,5-6,9,11-12H2,1-4H3. The number of ether oxygens (including phenoxy) is 2. The van der Waals surface area contributed by atoms with Crippen molar-refractivity contribution < 1.29 is 19.4 Å². The number of aromatic hydroxyl groups is 1. The molecule has 0 bridgehead atoms. The minimum absolute atomic E-state index is 0.0385. The summed E-state index contributed by atoms with van der Waals surface area (Å²) in [7, 11) is 1.53. The molecule has 2 rings (SSSR count). The number of carbonyl (C=O) groups excluding carboxylic acids is 1. The third-order valence-electron chi connectivity index (χ3n) is 4.01. The summed E-state index contributed by atoms with van der Waals surface area (Å²) in [5.41, 5.74) is 0.293. The summed E-state index contributed by atoms with van der Waals surface area (Å²) in [5, 5.41) is 10.3. The lowest BCUT2D eigenvalue weighted by atomic mass is 9.95. The molecule has 1 heterocycles. The molecule has 1 amide bonds. The topological polar surface area (TPSA) is 59.0 Å². The van der Waals surface area contributed by atoms with Crippen molar-refractivity contribution in [2.24, 2.45) is 0 Å². The number of likely N-dealkylation sites (tertiary alicyclic amines) is 1. The largest absolute Gasteiger partial charge is 0.504 e. The van der Waals surface area contributed by atoms with E-state index in [1.165, 1.54) is 7.11 Å². The van der Waals surface area contributed by atoms with Gasteiger partial charge in [0.15, 0.2) is 11.5 Å². The van der Waals surface area contributed by atoms with Gasteiger partial charge in [-0.05, 0) is 58.1 Å². The lowest BCUT2D eigenvalue weighted by Crippen LogP contribution is -2.47. The number of methoxy groups -OCH3 is 1. The van der Waals surface area contributed by atoms with Crippen LogP contribution in [0.3, 0.4) is 0 Å². The highest BCUT2D eigenvalue weighted by atomic mass is 16.6. The van der Waals surface area contributed by atoms with Crippen LogP contribution in [0.1, 0.15) is 45.6 Å². The molecule has 23 heavy (non-hydrogen) atoms. The van der Waals surface area contributed by atoms with Gasteiger partial charge >= 0.3 is 6.09 Å². The molecule has 1 saturated heterocycles. The summed E-state index contributed by atoms with van der Waals surface area (Å²) in [6.07, 6.45) is 3.30. The maximum Gasteiger partial charge on any atom is 0.410 e. The molecule has 128 valence electrons. The summed E-state index contributed by atoms with van der Waals surface area (Å²) in [6.45, 7) is 6.32. The van der Waals surface area contributed by atoms with Gasteiger partial charge in [-0.3, -0.25) is 0 Å². The van der Waals surface area contributed by atoms with E-state index < -0.39 is 5.60 Å². The van der Waals surface area contributed by atoms with Gasteiger partial charge in [0.25, 0.3) is 0 Å². The average Bonchev–Trinajstić information content (AvgIpc) is 2.48. The molecule has 1 aliphatic heterocycles. The molecule has 1 unspecified atom stereocenters. The molecule has 1 aromatic carbocycles. The van der Waals surface area contributed by atoms with Crippen LogP contribution in [-0.4, -0.2) is 41.4 Å². The highest BCUT2D eigenvalue weighted by Crippen LogP contribution is 2.32. The average molecular weight is 321 g/mol. The van der Waals surface area contributed by atoms with Crippen molar-refractivity contribution in [3.05, 3.63) is 23.8 Å². The quantitative estimate of drug-likeness (QED) is 0.921. The van der Waals surface area contributed by atoms with Gasteiger partial charge in [-0.15, -0.1) is 0 Å². The van der Waals surface area contributed by atoms with Crippen LogP contribution in [0.5, 0.6) is 11.5 Å². The Balaban J connectivity index is 2.14. The Morgan fingerprint density at radius 1 is 1.35 bits per heavy atom. The van der Waals surface area contributed by atoms with Crippen LogP contribution in [0.15, 0.2) is 18.2 Å². The second-order valence-corrected chi connectivity index (χ2v) is 7.00. The van der Waals surface area contributed by atoms with Gasteiger partial charge in [0, 0.05) is 12.6 Å². The van der Waals surface area contributed by atoms with Crippen LogP contribution in [0.4, 0.5) is 4.79 Å². The van der Waals surface area contributed by atoms with Crippen molar-refractivity contribution in [1.29, 1.82) is 0 Å². The Labute approximate surface area is 138 Å². The molecule has 0 spiro atoms. The number of hydrogen-bond acceptors (Lipinski definition) is 4. The van der Waals surface area contributed by atoms with Gasteiger partial charge in [0.1, 0.15) is 5.60 Å². The van der Waals surface area contributed by atoms with Gasteiger partial charge < -0.3 is 19.5 Å². The second kappa shape index (κ2) is 7.11. The van der Waals surface area contributed by atoms with Crippen LogP contribution in [0, 0.1) is 0 Å². The van der Waals surface area contributed by atoms with Crippen LogP contribution < -0.4 is 4.74 Å². The third kappa shape index (κ3) is 4.53. The van der Waals surface area contributed by atoms with Crippen LogP contribution in [-0.2, 0) is 11.2 Å². The molecular formula is C18H27NO4. The molecule has 0 radical (unpaired) electrons. The molecule has 0 aromatic heterocycles. The van der Waals surface area contributed by atoms with Crippen LogP contribution in [0.25, 0.3) is 0 Å². The Morgan fingerprint density at radius 2 is 2.09 bits per heavy atom. The van der Waals surface area contributed by atoms with E-state index in [4.69, 9.17) is 9.47 Å². The fraction of sp³-hybridized carbons (Fsp3) is 0.611. The van der Waals surface area contributed by atoms with Crippen molar-refractivity contribution in [3.63, 3.8) is 0 Å². The molecule has 0 saturated carbocycles. The van der Waals surface area contributed by atoms with Gasteiger partial charge in [-0.2, -0.15) is 0 Å². The third-order valence-corrected chi connectivity index (χ3v) is 4.01. The first kappa shape index (κ1) is 17.4. The number of phenolic OH excluding ortho intramolecular Hbond substituents is 1. The van der Waals surface area contributed by atoms with Gasteiger partial charge in [-0.25, -0.2) is 4.79 Å². The Bertz CT molecular complexity index is 550. The molecule has 0 aliphatic carbocycles. The zero-order chi connectivity index (χ0) is 17.0. The minimum atomic E-state index is -0.503. The molecule has 1 fully saturated rings. The first-order chi connectivity index (χ1) is 10.8. The fourth-order valence-corrected chi connectivity index (χ4v) is 2.92. The number of hydrogen-bond donors (Lipinski definition) is 1. The van der Waals surface area contributed by atoms with E-state index in [0.29, 0.717) is 18.7 Å². The zero-order valence-corrected chi connectivity index (χ0v) is 14.5. The van der Waals surface area contributed by atoms with Gasteiger partial charge in [0.05, 0.1) is 7.11 Å². The van der Waals surface area contributed by atoms with Crippen molar-refractivity contribution in [3.8, 4) is 11.5 Å². The van der Waals surface area contributed by atoms with Crippen LogP contribution in [0.2, 0.25) is 0 Å².